The zero-order chi connectivity index (χ0) is 10.4. The molecule has 0 spiro atoms. The van der Waals surface area contributed by atoms with Gasteiger partial charge >= 0.3 is 0 Å². The fourth-order valence-electron chi connectivity index (χ4n) is 0.901. The molecule has 1 amide bonds. The minimum Gasteiger partial charge on any atom is -0.357 e. The Kier molecular flexibility index (Phi) is 3.84. The number of hydrogen-bond acceptors (Lipinski definition) is 4. The Bertz CT molecular complexity index is 296. The summed E-state index contributed by atoms with van der Waals surface area (Å²) in [5.74, 6) is 0.610. The van der Waals surface area contributed by atoms with E-state index in [0.717, 1.165) is 5.56 Å². The molecule has 14 heavy (non-hydrogen) atoms. The number of anilines is 1. The Morgan fingerprint density at radius 1 is 1.43 bits per heavy atom. The number of aromatic nitrogens is 2. The summed E-state index contributed by atoms with van der Waals surface area (Å²) in [5, 5.41) is 5.57. The molecule has 0 unspecified atom stereocenters. The molecule has 0 atom stereocenters. The highest BCUT2D eigenvalue weighted by molar-refractivity contribution is 5.75. The molecule has 0 radical (unpaired) electrons. The van der Waals surface area contributed by atoms with E-state index in [9.17, 15) is 4.79 Å². The molecule has 0 saturated heterocycles. The predicted molar refractivity (Wildman–Crippen MR) is 53.7 cm³/mol. The van der Waals surface area contributed by atoms with Crippen LogP contribution in [0.2, 0.25) is 0 Å². The van der Waals surface area contributed by atoms with E-state index >= 15 is 0 Å². The fraction of sp³-hybridized carbons (Fsp3) is 0.444. The van der Waals surface area contributed by atoms with Crippen LogP contribution in [0, 0.1) is 0 Å². The summed E-state index contributed by atoms with van der Waals surface area (Å²) in [6, 6.07) is 0. The van der Waals surface area contributed by atoms with E-state index in [4.69, 9.17) is 0 Å². The first-order valence-electron chi connectivity index (χ1n) is 4.51. The molecule has 0 fully saturated rings. The maximum Gasteiger partial charge on any atom is 0.222 e. The van der Waals surface area contributed by atoms with E-state index in [1.807, 2.05) is 6.92 Å². The maximum atomic E-state index is 10.9. The van der Waals surface area contributed by atoms with Gasteiger partial charge in [0.15, 0.2) is 0 Å². The minimum atomic E-state index is 0.0303. The zero-order valence-corrected chi connectivity index (χ0v) is 8.37. The Morgan fingerprint density at radius 3 is 2.57 bits per heavy atom. The molecule has 0 aromatic carbocycles. The molecule has 2 N–H and O–H groups in total. The number of carbonyl (C=O) groups excluding carboxylic acids is 1. The van der Waals surface area contributed by atoms with Crippen molar-refractivity contribution in [2.45, 2.75) is 19.9 Å². The van der Waals surface area contributed by atoms with Gasteiger partial charge in [0.2, 0.25) is 11.9 Å². The third-order valence-electron chi connectivity index (χ3n) is 1.74. The molecule has 0 aliphatic heterocycles. The molecular weight excluding hydrogens is 180 g/mol. The molecule has 1 heterocycles. The number of nitrogens with zero attached hydrogens (tertiary/aromatic N) is 2. The molecule has 5 heteroatoms. The first kappa shape index (κ1) is 10.4. The van der Waals surface area contributed by atoms with Crippen molar-refractivity contribution in [1.82, 2.24) is 15.3 Å². The van der Waals surface area contributed by atoms with Crippen LogP contribution in [0.1, 0.15) is 18.9 Å². The highest BCUT2D eigenvalue weighted by Gasteiger charge is 1.98. The van der Waals surface area contributed by atoms with Crippen LogP contribution in [-0.4, -0.2) is 22.9 Å². The van der Waals surface area contributed by atoms with Crippen molar-refractivity contribution in [2.24, 2.45) is 0 Å². The van der Waals surface area contributed by atoms with Crippen LogP contribution in [0.25, 0.3) is 0 Å². The second-order valence-electron chi connectivity index (χ2n) is 2.80. The largest absolute Gasteiger partial charge is 0.357 e. The Balaban J connectivity index is 2.47. The first-order chi connectivity index (χ1) is 6.76. The maximum absolute atomic E-state index is 10.9. The number of carbonyl (C=O) groups is 1. The lowest BCUT2D eigenvalue weighted by atomic mass is 10.3. The standard InChI is InChI=1S/C9H14N4O/c1-3-8(14)11-4-7-5-12-9(10-2)13-6-7/h5-6H,3-4H2,1-2H3,(H,11,14)(H,10,12,13). The summed E-state index contributed by atoms with van der Waals surface area (Å²) in [6.07, 6.45) is 3.87. The highest BCUT2D eigenvalue weighted by atomic mass is 16.1. The van der Waals surface area contributed by atoms with E-state index in [0.29, 0.717) is 18.9 Å². The normalized spacial score (nSPS) is 9.57. The zero-order valence-electron chi connectivity index (χ0n) is 8.37. The van der Waals surface area contributed by atoms with Crippen molar-refractivity contribution >= 4 is 11.9 Å². The van der Waals surface area contributed by atoms with Crippen molar-refractivity contribution in [3.05, 3.63) is 18.0 Å². The van der Waals surface area contributed by atoms with Crippen molar-refractivity contribution < 1.29 is 4.79 Å². The molecular formula is C9H14N4O. The monoisotopic (exact) mass is 194 g/mol. The van der Waals surface area contributed by atoms with Crippen LogP contribution in [0.4, 0.5) is 5.95 Å². The second kappa shape index (κ2) is 5.16. The molecule has 5 nitrogen and oxygen atoms in total. The number of nitrogens with one attached hydrogen (secondary N) is 2. The number of hydrogen-bond donors (Lipinski definition) is 2. The number of rotatable bonds is 4. The quantitative estimate of drug-likeness (QED) is 0.734. The molecule has 0 bridgehead atoms. The van der Waals surface area contributed by atoms with Gasteiger partial charge < -0.3 is 10.6 Å². The van der Waals surface area contributed by atoms with Gasteiger partial charge in [-0.1, -0.05) is 6.92 Å². The van der Waals surface area contributed by atoms with Crippen LogP contribution >= 0.6 is 0 Å². The van der Waals surface area contributed by atoms with Crippen LogP contribution in [-0.2, 0) is 11.3 Å². The van der Waals surface area contributed by atoms with Crippen LogP contribution < -0.4 is 10.6 Å². The van der Waals surface area contributed by atoms with Gasteiger partial charge in [0.25, 0.3) is 0 Å². The van der Waals surface area contributed by atoms with Gasteiger partial charge in [0.05, 0.1) is 0 Å². The van der Waals surface area contributed by atoms with Crippen molar-refractivity contribution in [2.75, 3.05) is 12.4 Å². The summed E-state index contributed by atoms with van der Waals surface area (Å²) >= 11 is 0. The van der Waals surface area contributed by atoms with Crippen molar-refractivity contribution in [3.8, 4) is 0 Å². The van der Waals surface area contributed by atoms with Crippen molar-refractivity contribution in [3.63, 3.8) is 0 Å². The van der Waals surface area contributed by atoms with Gasteiger partial charge in [-0.15, -0.1) is 0 Å². The Morgan fingerprint density at radius 2 is 2.07 bits per heavy atom. The summed E-state index contributed by atoms with van der Waals surface area (Å²) in [7, 11) is 1.76. The molecule has 0 saturated carbocycles. The lowest BCUT2D eigenvalue weighted by Crippen LogP contribution is -2.21. The van der Waals surface area contributed by atoms with Gasteiger partial charge in [-0.05, 0) is 0 Å². The van der Waals surface area contributed by atoms with E-state index in [1.54, 1.807) is 19.4 Å². The summed E-state index contributed by atoms with van der Waals surface area (Å²) in [4.78, 5) is 19.0. The SMILES string of the molecule is CCC(=O)NCc1cnc(NC)nc1. The second-order valence-corrected chi connectivity index (χ2v) is 2.80. The van der Waals surface area contributed by atoms with Gasteiger partial charge in [-0.2, -0.15) is 0 Å². The van der Waals surface area contributed by atoms with Gasteiger partial charge in [-0.3, -0.25) is 4.79 Å². The molecule has 76 valence electrons. The lowest BCUT2D eigenvalue weighted by molar-refractivity contribution is -0.120. The van der Waals surface area contributed by atoms with E-state index in [-0.39, 0.29) is 5.91 Å². The summed E-state index contributed by atoms with van der Waals surface area (Å²) in [6.45, 7) is 2.30. The number of amides is 1. The van der Waals surface area contributed by atoms with E-state index < -0.39 is 0 Å². The average molecular weight is 194 g/mol. The van der Waals surface area contributed by atoms with Gasteiger partial charge in [0.1, 0.15) is 0 Å². The predicted octanol–water partition coefficient (Wildman–Crippen LogP) is 0.544. The first-order valence-corrected chi connectivity index (χ1v) is 4.51. The molecule has 1 aromatic rings. The molecule has 1 rings (SSSR count). The fourth-order valence-corrected chi connectivity index (χ4v) is 0.901. The molecule has 0 aliphatic carbocycles. The average Bonchev–Trinajstić information content (AvgIpc) is 2.26. The smallest absolute Gasteiger partial charge is 0.222 e. The summed E-state index contributed by atoms with van der Waals surface area (Å²) in [5.41, 5.74) is 0.894. The van der Waals surface area contributed by atoms with Crippen LogP contribution in [0.15, 0.2) is 12.4 Å². The highest BCUT2D eigenvalue weighted by Crippen LogP contribution is 1.98. The van der Waals surface area contributed by atoms with Crippen LogP contribution in [0.3, 0.4) is 0 Å². The van der Waals surface area contributed by atoms with E-state index in [2.05, 4.69) is 20.6 Å². The Hall–Kier alpha value is -1.65. The van der Waals surface area contributed by atoms with E-state index in [1.165, 1.54) is 0 Å². The Labute approximate surface area is 83.0 Å². The molecule has 0 aliphatic rings. The van der Waals surface area contributed by atoms with Crippen LogP contribution in [0.5, 0.6) is 0 Å². The molecule has 1 aromatic heterocycles. The third-order valence-corrected chi connectivity index (χ3v) is 1.74. The topological polar surface area (TPSA) is 66.9 Å². The van der Waals surface area contributed by atoms with Crippen molar-refractivity contribution in [1.29, 1.82) is 0 Å². The third kappa shape index (κ3) is 3.01. The lowest BCUT2D eigenvalue weighted by Gasteiger charge is -2.03. The summed E-state index contributed by atoms with van der Waals surface area (Å²) < 4.78 is 0. The van der Waals surface area contributed by atoms with Gasteiger partial charge in [-0.25, -0.2) is 9.97 Å². The minimum absolute atomic E-state index is 0.0303. The van der Waals surface area contributed by atoms with Gasteiger partial charge in [0, 0.05) is 38.0 Å².